The van der Waals surface area contributed by atoms with Crippen molar-refractivity contribution in [2.45, 2.75) is 57.6 Å². The van der Waals surface area contributed by atoms with E-state index in [4.69, 9.17) is 4.74 Å². The van der Waals surface area contributed by atoms with Crippen LogP contribution in [0.5, 0.6) is 0 Å². The van der Waals surface area contributed by atoms with E-state index in [0.717, 1.165) is 11.1 Å². The normalized spacial score (nSPS) is 15.7. The van der Waals surface area contributed by atoms with E-state index in [-0.39, 0.29) is 35.9 Å². The minimum absolute atomic E-state index is 0.0860. The van der Waals surface area contributed by atoms with Gasteiger partial charge in [-0.3, -0.25) is 9.59 Å². The summed E-state index contributed by atoms with van der Waals surface area (Å²) in [4.78, 5) is 25.0. The van der Waals surface area contributed by atoms with Gasteiger partial charge in [0, 0.05) is 5.56 Å². The number of benzene rings is 2. The van der Waals surface area contributed by atoms with E-state index in [1.807, 2.05) is 20.8 Å². The van der Waals surface area contributed by atoms with Crippen molar-refractivity contribution >= 4 is 21.8 Å². The summed E-state index contributed by atoms with van der Waals surface area (Å²) >= 11 is 0. The molecule has 0 bridgehead atoms. The summed E-state index contributed by atoms with van der Waals surface area (Å²) in [5.74, 6) is -1.37. The number of carbonyl (C=O) groups is 2. The molecule has 33 heavy (non-hydrogen) atoms. The molecule has 3 rings (SSSR count). The van der Waals surface area contributed by atoms with Crippen molar-refractivity contribution in [1.29, 1.82) is 0 Å². The predicted molar refractivity (Wildman–Crippen MR) is 122 cm³/mol. The van der Waals surface area contributed by atoms with Crippen LogP contribution in [-0.2, 0) is 26.2 Å². The third-order valence-corrected chi connectivity index (χ3v) is 7.26. The molecule has 1 fully saturated rings. The van der Waals surface area contributed by atoms with E-state index in [9.17, 15) is 22.4 Å². The number of halogens is 1. The monoisotopic (exact) mass is 476 g/mol. The minimum Gasteiger partial charge on any atom is -0.363 e. The molecule has 9 heteroatoms. The first kappa shape index (κ1) is 24.9. The fraction of sp³-hybridized carbons (Fsp3) is 0.417. The van der Waals surface area contributed by atoms with Crippen molar-refractivity contribution in [2.75, 3.05) is 0 Å². The van der Waals surface area contributed by atoms with Crippen LogP contribution in [0.3, 0.4) is 0 Å². The third-order valence-electron chi connectivity index (χ3n) is 5.44. The predicted octanol–water partition coefficient (Wildman–Crippen LogP) is 3.47. The van der Waals surface area contributed by atoms with Crippen LogP contribution >= 0.6 is 0 Å². The van der Waals surface area contributed by atoms with Gasteiger partial charge in [-0.15, -0.1) is 0 Å². The zero-order chi connectivity index (χ0) is 24.2. The quantitative estimate of drug-likeness (QED) is 0.547. The Bertz CT molecular complexity index is 1080. The van der Waals surface area contributed by atoms with Crippen molar-refractivity contribution in [3.63, 3.8) is 0 Å². The summed E-state index contributed by atoms with van der Waals surface area (Å²) in [5.41, 5.74) is 1.75. The van der Waals surface area contributed by atoms with E-state index in [2.05, 4.69) is 10.0 Å². The number of nitrogens with one attached hydrogen (secondary N) is 2. The fourth-order valence-electron chi connectivity index (χ4n) is 3.29. The summed E-state index contributed by atoms with van der Waals surface area (Å²) in [5, 5.41) is 2.44. The highest BCUT2D eigenvalue weighted by molar-refractivity contribution is 7.91. The molecule has 1 unspecified atom stereocenters. The van der Waals surface area contributed by atoms with Crippen molar-refractivity contribution < 1.29 is 27.1 Å². The minimum atomic E-state index is -3.61. The molecular weight excluding hydrogens is 447 g/mol. The average molecular weight is 477 g/mol. The molecule has 2 aromatic carbocycles. The standard InChI is InChI=1S/C24H29FN2O5S/c1-15(2)22(32-14-17-4-10-20(25)11-5-17)24(29)26-16(3)18-6-8-19(9-7-18)23(28)27-33(30,31)21-12-13-21/h4-11,15-16,21-22H,12-14H2,1-3H3,(H,26,29)(H,27,28)/t16-,22?/m0/s1. The molecule has 2 aromatic rings. The maximum absolute atomic E-state index is 13.1. The van der Waals surface area contributed by atoms with Crippen molar-refractivity contribution in [3.8, 4) is 0 Å². The van der Waals surface area contributed by atoms with Gasteiger partial charge in [0.25, 0.3) is 5.91 Å². The second-order valence-electron chi connectivity index (χ2n) is 8.63. The number of hydrogen-bond donors (Lipinski definition) is 2. The molecule has 0 heterocycles. The zero-order valence-electron chi connectivity index (χ0n) is 18.9. The molecule has 0 saturated heterocycles. The van der Waals surface area contributed by atoms with Crippen LogP contribution in [0, 0.1) is 11.7 Å². The summed E-state index contributed by atoms with van der Waals surface area (Å²) in [7, 11) is -3.61. The maximum atomic E-state index is 13.1. The highest BCUT2D eigenvalue weighted by Gasteiger charge is 2.37. The fourth-order valence-corrected chi connectivity index (χ4v) is 4.59. The topological polar surface area (TPSA) is 102 Å². The Morgan fingerprint density at radius 3 is 2.18 bits per heavy atom. The summed E-state index contributed by atoms with van der Waals surface area (Å²) in [6.45, 7) is 5.74. The van der Waals surface area contributed by atoms with Gasteiger partial charge in [0.2, 0.25) is 15.9 Å². The van der Waals surface area contributed by atoms with Gasteiger partial charge in [0.15, 0.2) is 0 Å². The van der Waals surface area contributed by atoms with Gasteiger partial charge in [-0.2, -0.15) is 0 Å². The lowest BCUT2D eigenvalue weighted by Gasteiger charge is -2.23. The summed E-state index contributed by atoms with van der Waals surface area (Å²) in [6, 6.07) is 12.0. The molecule has 7 nitrogen and oxygen atoms in total. The van der Waals surface area contributed by atoms with Gasteiger partial charge in [-0.1, -0.05) is 38.1 Å². The van der Waals surface area contributed by atoms with E-state index < -0.39 is 27.3 Å². The van der Waals surface area contributed by atoms with E-state index in [1.165, 1.54) is 24.3 Å². The van der Waals surface area contributed by atoms with Crippen LogP contribution in [0.4, 0.5) is 4.39 Å². The third kappa shape index (κ3) is 6.85. The van der Waals surface area contributed by atoms with Crippen LogP contribution in [0.15, 0.2) is 48.5 Å². The van der Waals surface area contributed by atoms with Crippen molar-refractivity contribution in [3.05, 3.63) is 71.0 Å². The molecule has 0 spiro atoms. The first-order chi connectivity index (χ1) is 15.6. The lowest BCUT2D eigenvalue weighted by Crippen LogP contribution is -2.40. The molecule has 178 valence electrons. The molecule has 0 radical (unpaired) electrons. The summed E-state index contributed by atoms with van der Waals surface area (Å²) < 4.78 is 44.9. The molecule has 1 aliphatic carbocycles. The van der Waals surface area contributed by atoms with Gasteiger partial charge in [0.05, 0.1) is 17.9 Å². The maximum Gasteiger partial charge on any atom is 0.264 e. The Balaban J connectivity index is 1.57. The number of hydrogen-bond acceptors (Lipinski definition) is 5. The highest BCUT2D eigenvalue weighted by atomic mass is 32.2. The molecular formula is C24H29FN2O5S. The van der Waals surface area contributed by atoms with Crippen LogP contribution < -0.4 is 10.0 Å². The molecule has 0 aliphatic heterocycles. The average Bonchev–Trinajstić information content (AvgIpc) is 3.61. The number of ether oxygens (including phenoxy) is 1. The molecule has 2 atom stereocenters. The van der Waals surface area contributed by atoms with Gasteiger partial charge in [-0.25, -0.2) is 17.5 Å². The summed E-state index contributed by atoms with van der Waals surface area (Å²) in [6.07, 6.45) is 0.447. The van der Waals surface area contributed by atoms with Crippen molar-refractivity contribution in [2.24, 2.45) is 5.92 Å². The number of rotatable bonds is 10. The Morgan fingerprint density at radius 2 is 1.64 bits per heavy atom. The molecule has 1 saturated carbocycles. The second-order valence-corrected chi connectivity index (χ2v) is 10.6. The smallest absolute Gasteiger partial charge is 0.264 e. The Labute approximate surface area is 193 Å². The largest absolute Gasteiger partial charge is 0.363 e. The van der Waals surface area contributed by atoms with Gasteiger partial charge in [-0.05, 0) is 61.1 Å². The van der Waals surface area contributed by atoms with Gasteiger partial charge < -0.3 is 10.1 Å². The molecule has 2 amide bonds. The lowest BCUT2D eigenvalue weighted by atomic mass is 10.0. The van der Waals surface area contributed by atoms with Gasteiger partial charge in [0.1, 0.15) is 11.9 Å². The first-order valence-corrected chi connectivity index (χ1v) is 12.4. The highest BCUT2D eigenvalue weighted by Crippen LogP contribution is 2.27. The second kappa shape index (κ2) is 10.4. The van der Waals surface area contributed by atoms with Crippen LogP contribution in [0.25, 0.3) is 0 Å². The molecule has 1 aliphatic rings. The van der Waals surface area contributed by atoms with Gasteiger partial charge >= 0.3 is 0 Å². The van der Waals surface area contributed by atoms with Crippen LogP contribution in [0.1, 0.15) is 61.1 Å². The molecule has 2 N–H and O–H groups in total. The van der Waals surface area contributed by atoms with Crippen LogP contribution in [-0.4, -0.2) is 31.6 Å². The Kier molecular flexibility index (Phi) is 7.86. The number of sulfonamides is 1. The Morgan fingerprint density at radius 1 is 1.03 bits per heavy atom. The Hall–Kier alpha value is -2.78. The van der Waals surface area contributed by atoms with Crippen LogP contribution in [0.2, 0.25) is 0 Å². The number of amides is 2. The van der Waals surface area contributed by atoms with E-state index >= 15 is 0 Å². The first-order valence-electron chi connectivity index (χ1n) is 10.9. The SMILES string of the molecule is CC(C)C(OCc1ccc(F)cc1)C(=O)N[C@@H](C)c1ccc(C(=O)NS(=O)(=O)C2CC2)cc1. The van der Waals surface area contributed by atoms with E-state index in [0.29, 0.717) is 12.8 Å². The number of carbonyl (C=O) groups excluding carboxylic acids is 2. The van der Waals surface area contributed by atoms with E-state index in [1.54, 1.807) is 24.3 Å². The van der Waals surface area contributed by atoms with Crippen molar-refractivity contribution in [1.82, 2.24) is 10.0 Å². The zero-order valence-corrected chi connectivity index (χ0v) is 19.7. The molecule has 0 aromatic heterocycles. The lowest BCUT2D eigenvalue weighted by molar-refractivity contribution is -0.137.